The van der Waals surface area contributed by atoms with Gasteiger partial charge in [0, 0.05) is 0 Å². The Kier molecular flexibility index (Phi) is 16.9. The molecule has 0 aromatic carbocycles. The molecule has 0 aliphatic carbocycles. The van der Waals surface area contributed by atoms with Crippen molar-refractivity contribution in [2.45, 2.75) is 134 Å². The van der Waals surface area contributed by atoms with Gasteiger partial charge in [-0.2, -0.15) is 8.42 Å². The molecule has 2 atom stereocenters. The number of hydrogen-bond acceptors (Lipinski definition) is 3. The highest BCUT2D eigenvalue weighted by Crippen LogP contribution is 2.15. The van der Waals surface area contributed by atoms with Gasteiger partial charge in [0.1, 0.15) is 0 Å². The molecule has 0 amide bonds. The molecule has 0 aromatic heterocycles. The van der Waals surface area contributed by atoms with E-state index in [-0.39, 0.29) is 6.10 Å². The zero-order chi connectivity index (χ0) is 19.7. The minimum absolute atomic E-state index is 0.118. The molecule has 26 heavy (non-hydrogen) atoms. The summed E-state index contributed by atoms with van der Waals surface area (Å²) in [5, 5.41) is 9.37. The molecule has 0 aromatic rings. The summed E-state index contributed by atoms with van der Waals surface area (Å²) in [5.74, 6) is 0. The van der Waals surface area contributed by atoms with Crippen molar-refractivity contribution in [2.75, 3.05) is 0 Å². The molecule has 0 saturated heterocycles. The second-order valence-corrected chi connectivity index (χ2v) is 9.78. The van der Waals surface area contributed by atoms with Gasteiger partial charge in [0.2, 0.25) is 0 Å². The van der Waals surface area contributed by atoms with Crippen LogP contribution in [0, 0.1) is 0 Å². The van der Waals surface area contributed by atoms with Crippen LogP contribution in [0.15, 0.2) is 0 Å². The van der Waals surface area contributed by atoms with Crippen LogP contribution in [0.2, 0.25) is 0 Å². The summed E-state index contributed by atoms with van der Waals surface area (Å²) >= 11 is 0. The van der Waals surface area contributed by atoms with Crippen LogP contribution in [0.4, 0.5) is 0 Å². The van der Waals surface area contributed by atoms with Crippen molar-refractivity contribution in [1.29, 1.82) is 0 Å². The summed E-state index contributed by atoms with van der Waals surface area (Å²) in [7, 11) is -3.85. The largest absolute Gasteiger partial charge is 0.393 e. The lowest BCUT2D eigenvalue weighted by molar-refractivity contribution is 0.147. The van der Waals surface area contributed by atoms with Crippen molar-refractivity contribution in [3.8, 4) is 0 Å². The molecule has 0 radical (unpaired) electrons. The Bertz CT molecular complexity index is 395. The summed E-state index contributed by atoms with van der Waals surface area (Å²) in [6.45, 7) is 3.80. The third-order valence-corrected chi connectivity index (χ3v) is 6.55. The Labute approximate surface area is 162 Å². The molecule has 2 unspecified atom stereocenters. The summed E-state index contributed by atoms with van der Waals surface area (Å²) in [6, 6.07) is 0. The predicted molar refractivity (Wildman–Crippen MR) is 111 cm³/mol. The second kappa shape index (κ2) is 17.0. The number of unbranched alkanes of at least 4 members (excludes halogenated alkanes) is 12. The van der Waals surface area contributed by atoms with E-state index in [1.165, 1.54) is 57.8 Å². The molecule has 0 heterocycles. The van der Waals surface area contributed by atoms with E-state index in [2.05, 4.69) is 6.92 Å². The lowest BCUT2D eigenvalue weighted by atomic mass is 10.0. The number of aliphatic hydroxyl groups excluding tert-OH is 1. The number of hydrogen-bond donors (Lipinski definition) is 2. The quantitative estimate of drug-likeness (QED) is 0.200. The lowest BCUT2D eigenvalue weighted by Gasteiger charge is -2.10. The van der Waals surface area contributed by atoms with Crippen LogP contribution in [0.5, 0.6) is 0 Å². The first-order valence-corrected chi connectivity index (χ1v) is 12.5. The van der Waals surface area contributed by atoms with Crippen LogP contribution < -0.4 is 0 Å². The Hall–Kier alpha value is -0.130. The molecule has 4 nitrogen and oxygen atoms in total. The number of rotatable bonds is 19. The van der Waals surface area contributed by atoms with E-state index < -0.39 is 15.4 Å². The Morgan fingerprint density at radius 3 is 1.38 bits per heavy atom. The smallest absolute Gasteiger partial charge is 0.267 e. The lowest BCUT2D eigenvalue weighted by Crippen LogP contribution is -2.16. The van der Waals surface area contributed by atoms with E-state index in [4.69, 9.17) is 4.55 Å². The van der Waals surface area contributed by atoms with Crippen LogP contribution >= 0.6 is 0 Å². The highest BCUT2D eigenvalue weighted by molar-refractivity contribution is 7.86. The van der Waals surface area contributed by atoms with Gasteiger partial charge in [-0.3, -0.25) is 4.55 Å². The van der Waals surface area contributed by atoms with E-state index in [0.717, 1.165) is 44.9 Å². The first-order chi connectivity index (χ1) is 12.4. The van der Waals surface area contributed by atoms with Gasteiger partial charge in [-0.1, -0.05) is 96.8 Å². The van der Waals surface area contributed by atoms with E-state index in [9.17, 15) is 13.5 Å². The van der Waals surface area contributed by atoms with Crippen LogP contribution in [0.1, 0.15) is 123 Å². The first-order valence-electron chi connectivity index (χ1n) is 11.0. The van der Waals surface area contributed by atoms with Crippen molar-refractivity contribution < 1.29 is 18.1 Å². The fourth-order valence-electron chi connectivity index (χ4n) is 3.33. The molecule has 0 bridgehead atoms. The average Bonchev–Trinajstić information content (AvgIpc) is 2.58. The summed E-state index contributed by atoms with van der Waals surface area (Å²) in [6.07, 6.45) is 19.1. The highest BCUT2D eigenvalue weighted by atomic mass is 32.2. The third-order valence-electron chi connectivity index (χ3n) is 5.30. The topological polar surface area (TPSA) is 74.6 Å². The van der Waals surface area contributed by atoms with Crippen LogP contribution in [-0.2, 0) is 10.1 Å². The van der Waals surface area contributed by atoms with Gasteiger partial charge >= 0.3 is 0 Å². The van der Waals surface area contributed by atoms with E-state index in [0.29, 0.717) is 6.42 Å². The van der Waals surface area contributed by atoms with Gasteiger partial charge in [-0.15, -0.1) is 0 Å². The molecule has 0 fully saturated rings. The molecule has 0 spiro atoms. The van der Waals surface area contributed by atoms with Crippen molar-refractivity contribution >= 4 is 10.1 Å². The SMILES string of the molecule is CCCCCCCCCC(O)CCCCCCCCCC(C)S(=O)(=O)O. The molecular weight excluding hydrogens is 348 g/mol. The number of aliphatic hydroxyl groups is 1. The maximum atomic E-state index is 10.9. The van der Waals surface area contributed by atoms with Crippen LogP contribution in [-0.4, -0.2) is 29.4 Å². The Balaban J connectivity index is 3.29. The normalized spacial score (nSPS) is 14.5. The first kappa shape index (κ1) is 25.9. The minimum Gasteiger partial charge on any atom is -0.393 e. The van der Waals surface area contributed by atoms with Gasteiger partial charge in [-0.05, 0) is 26.2 Å². The zero-order valence-corrected chi connectivity index (χ0v) is 18.1. The fraction of sp³-hybridized carbons (Fsp3) is 1.00. The van der Waals surface area contributed by atoms with Crippen molar-refractivity contribution in [1.82, 2.24) is 0 Å². The molecule has 0 saturated carbocycles. The third kappa shape index (κ3) is 17.3. The van der Waals surface area contributed by atoms with E-state index in [1.807, 2.05) is 0 Å². The van der Waals surface area contributed by atoms with Gasteiger partial charge < -0.3 is 5.11 Å². The van der Waals surface area contributed by atoms with Crippen LogP contribution in [0.3, 0.4) is 0 Å². The van der Waals surface area contributed by atoms with Gasteiger partial charge in [0.05, 0.1) is 11.4 Å². The fourth-order valence-corrected chi connectivity index (χ4v) is 3.79. The molecule has 5 heteroatoms. The standard InChI is InChI=1S/C21H44O4S/c1-3-4-5-6-8-12-15-18-21(22)19-16-13-10-7-9-11-14-17-20(2)26(23,24)25/h20-22H,3-19H2,1-2H3,(H,23,24,25). The summed E-state index contributed by atoms with van der Waals surface area (Å²) < 4.78 is 30.7. The van der Waals surface area contributed by atoms with Gasteiger partial charge in [0.15, 0.2) is 0 Å². The summed E-state index contributed by atoms with van der Waals surface area (Å²) in [4.78, 5) is 0. The monoisotopic (exact) mass is 392 g/mol. The molecule has 0 rings (SSSR count). The Morgan fingerprint density at radius 1 is 0.654 bits per heavy atom. The van der Waals surface area contributed by atoms with Crippen molar-refractivity contribution in [3.05, 3.63) is 0 Å². The zero-order valence-electron chi connectivity index (χ0n) is 17.3. The average molecular weight is 393 g/mol. The van der Waals surface area contributed by atoms with Gasteiger partial charge in [0.25, 0.3) is 10.1 Å². The predicted octanol–water partition coefficient (Wildman–Crippen LogP) is 6.28. The highest BCUT2D eigenvalue weighted by Gasteiger charge is 2.15. The second-order valence-electron chi connectivity index (χ2n) is 7.94. The van der Waals surface area contributed by atoms with Crippen molar-refractivity contribution in [2.24, 2.45) is 0 Å². The minimum atomic E-state index is -3.85. The van der Waals surface area contributed by atoms with Crippen LogP contribution in [0.25, 0.3) is 0 Å². The van der Waals surface area contributed by atoms with E-state index >= 15 is 0 Å². The van der Waals surface area contributed by atoms with Gasteiger partial charge in [-0.25, -0.2) is 0 Å². The maximum Gasteiger partial charge on any atom is 0.267 e. The molecule has 2 N–H and O–H groups in total. The summed E-state index contributed by atoms with van der Waals surface area (Å²) in [5.41, 5.74) is 0. The van der Waals surface area contributed by atoms with Crippen molar-refractivity contribution in [3.63, 3.8) is 0 Å². The van der Waals surface area contributed by atoms with E-state index in [1.54, 1.807) is 6.92 Å². The molecular formula is C21H44O4S. The molecule has 158 valence electrons. The Morgan fingerprint density at radius 2 is 1.00 bits per heavy atom. The molecule has 0 aliphatic rings. The maximum absolute atomic E-state index is 10.9. The molecule has 0 aliphatic heterocycles.